The van der Waals surface area contributed by atoms with Gasteiger partial charge in [-0.3, -0.25) is 0 Å². The molecule has 0 fully saturated rings. The highest BCUT2D eigenvalue weighted by molar-refractivity contribution is 5.65. The maximum Gasteiger partial charge on any atom is 0.242 e. The number of rotatable bonds is 5. The van der Waals surface area contributed by atoms with Crippen LogP contribution in [0, 0.1) is 0 Å². The van der Waals surface area contributed by atoms with Crippen molar-refractivity contribution in [3.05, 3.63) is 6.33 Å². The van der Waals surface area contributed by atoms with E-state index in [4.69, 9.17) is 10.5 Å². The molecule has 0 amide bonds. The Labute approximate surface area is 83.7 Å². The minimum absolute atomic E-state index is 0.456. The number of hydrogen-bond acceptors (Lipinski definition) is 5. The van der Waals surface area contributed by atoms with Gasteiger partial charge in [0.1, 0.15) is 12.0 Å². The van der Waals surface area contributed by atoms with Gasteiger partial charge in [-0.25, -0.2) is 4.98 Å². The monoisotopic (exact) mass is 196 g/mol. The van der Waals surface area contributed by atoms with E-state index in [2.05, 4.69) is 22.2 Å². The highest BCUT2D eigenvalue weighted by atomic mass is 16.5. The molecule has 14 heavy (non-hydrogen) atoms. The highest BCUT2D eigenvalue weighted by Crippen LogP contribution is 2.23. The fraction of sp³-hybridized carbons (Fsp3) is 0.556. The standard InChI is InChI=1S/C9H16N4O/c1-3-4-5-14-9-7(10)8(11-2)12-6-13-9/h6H,3-5,10H2,1-2H3,(H,11,12,13). The maximum atomic E-state index is 5.76. The summed E-state index contributed by atoms with van der Waals surface area (Å²) < 4.78 is 5.40. The van der Waals surface area contributed by atoms with E-state index < -0.39 is 0 Å². The van der Waals surface area contributed by atoms with E-state index in [0.717, 1.165) is 12.8 Å². The zero-order valence-electron chi connectivity index (χ0n) is 8.58. The molecule has 0 radical (unpaired) electrons. The fourth-order valence-electron chi connectivity index (χ4n) is 1.01. The first-order chi connectivity index (χ1) is 6.79. The summed E-state index contributed by atoms with van der Waals surface area (Å²) in [5.41, 5.74) is 6.23. The molecule has 0 atom stereocenters. The molecule has 0 bridgehead atoms. The Hall–Kier alpha value is -1.52. The zero-order valence-corrected chi connectivity index (χ0v) is 8.58. The Bertz CT molecular complexity index is 290. The number of anilines is 2. The number of nitrogens with two attached hydrogens (primary N) is 1. The minimum Gasteiger partial charge on any atom is -0.476 e. The highest BCUT2D eigenvalue weighted by Gasteiger charge is 2.06. The summed E-state index contributed by atoms with van der Waals surface area (Å²) >= 11 is 0. The van der Waals surface area contributed by atoms with Gasteiger partial charge >= 0.3 is 0 Å². The van der Waals surface area contributed by atoms with Crippen LogP contribution in [0.3, 0.4) is 0 Å². The Morgan fingerprint density at radius 2 is 2.29 bits per heavy atom. The molecule has 0 unspecified atom stereocenters. The first-order valence-electron chi connectivity index (χ1n) is 4.70. The van der Waals surface area contributed by atoms with E-state index in [1.165, 1.54) is 6.33 Å². The molecule has 1 rings (SSSR count). The van der Waals surface area contributed by atoms with Crippen molar-refractivity contribution in [2.45, 2.75) is 19.8 Å². The molecule has 0 spiro atoms. The van der Waals surface area contributed by atoms with Crippen molar-refractivity contribution in [1.82, 2.24) is 9.97 Å². The van der Waals surface area contributed by atoms with Crippen molar-refractivity contribution in [3.63, 3.8) is 0 Å². The SMILES string of the molecule is CCCCOc1ncnc(NC)c1N. The second-order valence-corrected chi connectivity index (χ2v) is 2.89. The van der Waals surface area contributed by atoms with Gasteiger partial charge in [0.25, 0.3) is 0 Å². The van der Waals surface area contributed by atoms with Gasteiger partial charge in [0, 0.05) is 7.05 Å². The Kier molecular flexibility index (Phi) is 3.97. The number of nitrogens with zero attached hydrogens (tertiary/aromatic N) is 2. The van der Waals surface area contributed by atoms with Crippen LogP contribution in [-0.4, -0.2) is 23.6 Å². The number of ether oxygens (including phenoxy) is 1. The van der Waals surface area contributed by atoms with Crippen molar-refractivity contribution < 1.29 is 4.74 Å². The van der Waals surface area contributed by atoms with E-state index in [9.17, 15) is 0 Å². The second-order valence-electron chi connectivity index (χ2n) is 2.89. The van der Waals surface area contributed by atoms with Gasteiger partial charge in [-0.05, 0) is 6.42 Å². The van der Waals surface area contributed by atoms with Crippen LogP contribution in [0.2, 0.25) is 0 Å². The van der Waals surface area contributed by atoms with Crippen molar-refractivity contribution >= 4 is 11.5 Å². The normalized spacial score (nSPS) is 9.86. The third kappa shape index (κ3) is 2.48. The molecule has 78 valence electrons. The molecule has 0 aliphatic rings. The number of hydrogen-bond donors (Lipinski definition) is 2. The van der Waals surface area contributed by atoms with E-state index in [-0.39, 0.29) is 0 Å². The summed E-state index contributed by atoms with van der Waals surface area (Å²) in [7, 11) is 1.76. The maximum absolute atomic E-state index is 5.76. The number of aromatic nitrogens is 2. The van der Waals surface area contributed by atoms with Crippen molar-refractivity contribution in [2.24, 2.45) is 0 Å². The average molecular weight is 196 g/mol. The molecule has 1 heterocycles. The molecular formula is C9H16N4O. The molecule has 0 saturated heterocycles. The average Bonchev–Trinajstić information content (AvgIpc) is 2.21. The summed E-state index contributed by atoms with van der Waals surface area (Å²) in [6, 6.07) is 0. The quantitative estimate of drug-likeness (QED) is 0.694. The van der Waals surface area contributed by atoms with Gasteiger partial charge in [-0.2, -0.15) is 4.98 Å². The van der Waals surface area contributed by atoms with Crippen molar-refractivity contribution in [2.75, 3.05) is 24.7 Å². The van der Waals surface area contributed by atoms with Crippen LogP contribution >= 0.6 is 0 Å². The summed E-state index contributed by atoms with van der Waals surface area (Å²) in [6.45, 7) is 2.74. The smallest absolute Gasteiger partial charge is 0.242 e. The van der Waals surface area contributed by atoms with Gasteiger partial charge < -0.3 is 15.8 Å². The lowest BCUT2D eigenvalue weighted by Gasteiger charge is -2.09. The fourth-order valence-corrected chi connectivity index (χ4v) is 1.01. The lowest BCUT2D eigenvalue weighted by molar-refractivity contribution is 0.299. The Morgan fingerprint density at radius 3 is 2.93 bits per heavy atom. The third-order valence-electron chi connectivity index (χ3n) is 1.82. The van der Waals surface area contributed by atoms with E-state index >= 15 is 0 Å². The van der Waals surface area contributed by atoms with Crippen LogP contribution in [0.1, 0.15) is 19.8 Å². The van der Waals surface area contributed by atoms with Crippen LogP contribution in [0.4, 0.5) is 11.5 Å². The molecular weight excluding hydrogens is 180 g/mol. The van der Waals surface area contributed by atoms with Gasteiger partial charge in [0.2, 0.25) is 5.88 Å². The van der Waals surface area contributed by atoms with E-state index in [0.29, 0.717) is 24.0 Å². The largest absolute Gasteiger partial charge is 0.476 e. The molecule has 0 aliphatic heterocycles. The summed E-state index contributed by atoms with van der Waals surface area (Å²) in [5.74, 6) is 1.06. The number of unbranched alkanes of at least 4 members (excludes halogenated alkanes) is 1. The van der Waals surface area contributed by atoms with Gasteiger partial charge in [0.15, 0.2) is 5.82 Å². The predicted molar refractivity (Wildman–Crippen MR) is 56.4 cm³/mol. The zero-order chi connectivity index (χ0) is 10.4. The van der Waals surface area contributed by atoms with Gasteiger partial charge in [-0.1, -0.05) is 13.3 Å². The van der Waals surface area contributed by atoms with Crippen LogP contribution in [0.15, 0.2) is 6.33 Å². The van der Waals surface area contributed by atoms with Crippen LogP contribution in [0.25, 0.3) is 0 Å². The molecule has 1 aromatic heterocycles. The second kappa shape index (κ2) is 5.26. The van der Waals surface area contributed by atoms with E-state index in [1.54, 1.807) is 7.05 Å². The molecule has 0 aliphatic carbocycles. The molecule has 3 N–H and O–H groups in total. The molecule has 5 nitrogen and oxygen atoms in total. The third-order valence-corrected chi connectivity index (χ3v) is 1.82. The molecule has 0 aromatic carbocycles. The van der Waals surface area contributed by atoms with Crippen LogP contribution < -0.4 is 15.8 Å². The number of nitrogen functional groups attached to an aromatic ring is 1. The minimum atomic E-state index is 0.456. The predicted octanol–water partition coefficient (Wildman–Crippen LogP) is 1.28. The summed E-state index contributed by atoms with van der Waals surface area (Å²) in [5, 5.41) is 2.87. The van der Waals surface area contributed by atoms with Crippen LogP contribution in [0.5, 0.6) is 5.88 Å². The summed E-state index contributed by atoms with van der Waals surface area (Å²) in [4.78, 5) is 7.92. The first-order valence-corrected chi connectivity index (χ1v) is 4.70. The Morgan fingerprint density at radius 1 is 1.50 bits per heavy atom. The molecule has 0 saturated carbocycles. The number of nitrogens with one attached hydrogen (secondary N) is 1. The van der Waals surface area contributed by atoms with Crippen molar-refractivity contribution in [3.8, 4) is 5.88 Å². The van der Waals surface area contributed by atoms with Crippen LogP contribution in [-0.2, 0) is 0 Å². The molecule has 5 heteroatoms. The van der Waals surface area contributed by atoms with Crippen molar-refractivity contribution in [1.29, 1.82) is 0 Å². The Balaban J connectivity index is 2.66. The lowest BCUT2D eigenvalue weighted by Crippen LogP contribution is -2.06. The molecule has 1 aromatic rings. The first kappa shape index (κ1) is 10.6. The topological polar surface area (TPSA) is 73.1 Å². The van der Waals surface area contributed by atoms with Gasteiger partial charge in [0.05, 0.1) is 6.61 Å². The van der Waals surface area contributed by atoms with E-state index in [1.807, 2.05) is 0 Å². The lowest BCUT2D eigenvalue weighted by atomic mass is 10.4. The summed E-state index contributed by atoms with van der Waals surface area (Å²) in [6.07, 6.45) is 3.52. The van der Waals surface area contributed by atoms with Gasteiger partial charge in [-0.15, -0.1) is 0 Å².